The van der Waals surface area contributed by atoms with Gasteiger partial charge in [-0.05, 0) is 232 Å². The Balaban J connectivity index is 0.000000313. The van der Waals surface area contributed by atoms with Crippen molar-refractivity contribution in [2.75, 3.05) is 105 Å². The molecule has 0 fully saturated rings. The first-order valence-electron chi connectivity index (χ1n) is 50.5. The highest BCUT2D eigenvalue weighted by Crippen LogP contribution is 2.49. The summed E-state index contributed by atoms with van der Waals surface area (Å²) in [7, 11) is 0. The summed E-state index contributed by atoms with van der Waals surface area (Å²) in [6.45, 7) is 71.6. The minimum absolute atomic E-state index is 0.110. The first kappa shape index (κ1) is 112. The molecule has 16 bridgehead atoms. The van der Waals surface area contributed by atoms with Crippen LogP contribution in [0.15, 0.2) is 97.1 Å². The van der Waals surface area contributed by atoms with Gasteiger partial charge in [0.1, 0.15) is 70.3 Å². The third-order valence-corrected chi connectivity index (χ3v) is 26.9. The molecule has 8 aromatic carbocycles. The van der Waals surface area contributed by atoms with E-state index >= 15 is 0 Å². The SMILES string of the molecule is CCN(CC)C(=O)COc1c2cc(C(C)(C)C)cc1Cc1cc(C(C)(C)C)cc(c1OCC#N)Cc1cc(C(C)(C)C)cc(c1OCC(=O)N(CC)CC)Cc1cc(C(C)(C)C)cc(c1OCC#N)C2.CCN(CC)C(=O)COc1c2cc(C(C)(C)C)cc1Cc1cc(C(C)(C)C)cc(c1OCC#N)Cc1cc(C(C)(C)C)cc(c1OCC(=O)N(CC)CC)Cc1cc(C(C)(C)C)cc(c1OCC#N)C2. The number of ether oxygens (including phenoxy) is 8. The number of carbonyl (C=O) groups is 4. The van der Waals surface area contributed by atoms with Crippen LogP contribution < -0.4 is 37.9 Å². The highest BCUT2D eigenvalue weighted by atomic mass is 16.5. The zero-order valence-electron chi connectivity index (χ0n) is 90.7. The van der Waals surface area contributed by atoms with Crippen molar-refractivity contribution in [3.63, 3.8) is 0 Å². The van der Waals surface area contributed by atoms with Gasteiger partial charge in [0.25, 0.3) is 23.6 Å². The Morgan fingerprint density at radius 2 is 0.307 bits per heavy atom. The first-order chi connectivity index (χ1) is 65.5. The highest BCUT2D eigenvalue weighted by Gasteiger charge is 2.36. The smallest absolute Gasteiger partial charge is 0.260 e. The fraction of sp³-hybridized carbons (Fsp3) is 0.533. The van der Waals surface area contributed by atoms with Crippen LogP contribution in [0.25, 0.3) is 0 Å². The van der Waals surface area contributed by atoms with Gasteiger partial charge in [-0.1, -0.05) is 263 Å². The van der Waals surface area contributed by atoms with Crippen LogP contribution >= 0.6 is 0 Å². The van der Waals surface area contributed by atoms with Crippen LogP contribution in [0.3, 0.4) is 0 Å². The number of fused-ring (bicyclic) bond motifs is 16. The summed E-state index contributed by atoms with van der Waals surface area (Å²) in [5.74, 6) is 4.42. The number of benzene rings is 8. The molecule has 0 unspecified atom stereocenters. The number of amides is 4. The summed E-state index contributed by atoms with van der Waals surface area (Å²) < 4.78 is 53.8. The molecule has 0 heterocycles. The van der Waals surface area contributed by atoms with Crippen LogP contribution in [-0.2, 0) is 114 Å². The Bertz CT molecular complexity index is 5030. The van der Waals surface area contributed by atoms with Gasteiger partial charge in [-0.15, -0.1) is 0 Å². The van der Waals surface area contributed by atoms with Crippen LogP contribution in [0.4, 0.5) is 0 Å². The summed E-state index contributed by atoms with van der Waals surface area (Å²) in [6, 6.07) is 44.1. The molecule has 0 aromatic heterocycles. The lowest BCUT2D eigenvalue weighted by Gasteiger charge is -2.29. The molecule has 0 N–H and O–H groups in total. The van der Waals surface area contributed by atoms with E-state index in [4.69, 9.17) is 37.9 Å². The average Bonchev–Trinajstić information content (AvgIpc) is 0.758. The minimum Gasteiger partial charge on any atom is -0.483 e. The van der Waals surface area contributed by atoms with Gasteiger partial charge < -0.3 is 57.5 Å². The van der Waals surface area contributed by atoms with Crippen LogP contribution in [0.1, 0.15) is 355 Å². The van der Waals surface area contributed by atoms with Gasteiger partial charge >= 0.3 is 0 Å². The van der Waals surface area contributed by atoms with Crippen molar-refractivity contribution >= 4 is 23.6 Å². The highest BCUT2D eigenvalue weighted by molar-refractivity contribution is 5.80. The van der Waals surface area contributed by atoms with Crippen molar-refractivity contribution in [2.45, 2.75) is 316 Å². The van der Waals surface area contributed by atoms with Crippen molar-refractivity contribution in [2.24, 2.45) is 0 Å². The topological polar surface area (TPSA) is 250 Å². The Morgan fingerprint density at radius 1 is 0.207 bits per heavy atom. The standard InChI is InChI=1S/2C60H80N4O6/c2*1-17-63(18-2)51(65)37-69-55-43-25-39-29-47(57(5,6)7)31-41(53(39)67-23-21-61)27-45-35-50(60(14,15)16)36-46(56(45)70-38-52(66)64(19-3)20-4)28-42-32-48(58(8,9)10)30-40(54(42)68-24-22-62)26-44(55)34-49(33-43)59(11,12)13/h2*29-36H,17-20,23-28,37-38H2,1-16H3. The third-order valence-electron chi connectivity index (χ3n) is 26.9. The fourth-order valence-corrected chi connectivity index (χ4v) is 18.3. The molecule has 8 aromatic rings. The second-order valence-electron chi connectivity index (χ2n) is 45.6. The molecule has 20 heteroatoms. The Hall–Kier alpha value is -12.0. The van der Waals surface area contributed by atoms with Gasteiger partial charge in [-0.25, -0.2) is 0 Å². The van der Waals surface area contributed by atoms with Crippen molar-refractivity contribution < 1.29 is 57.1 Å². The summed E-state index contributed by atoms with van der Waals surface area (Å²) in [5, 5.41) is 40.4. The Kier molecular flexibility index (Phi) is 37.2. The van der Waals surface area contributed by atoms with Gasteiger partial charge in [0.15, 0.2) is 52.9 Å². The molecule has 0 aliphatic heterocycles. The summed E-state index contributed by atoms with van der Waals surface area (Å²) in [6.07, 6.45) is 2.92. The minimum atomic E-state index is -0.284. The zero-order chi connectivity index (χ0) is 104. The number of likely N-dealkylation sites (N-methyl/N-ethyl adjacent to an activating group) is 4. The van der Waals surface area contributed by atoms with Crippen molar-refractivity contribution in [1.82, 2.24) is 19.6 Å². The van der Waals surface area contributed by atoms with Crippen molar-refractivity contribution in [3.8, 4) is 70.3 Å². The molecule has 0 atom stereocenters. The maximum atomic E-state index is 13.8. The lowest BCUT2D eigenvalue weighted by atomic mass is 9.79. The summed E-state index contributed by atoms with van der Waals surface area (Å²) in [4.78, 5) is 62.4. The Labute approximate surface area is 838 Å². The second-order valence-corrected chi connectivity index (χ2v) is 45.6. The molecule has 0 saturated carbocycles. The molecule has 10 rings (SSSR count). The van der Waals surface area contributed by atoms with E-state index in [1.54, 1.807) is 19.6 Å². The maximum Gasteiger partial charge on any atom is 0.260 e. The van der Waals surface area contributed by atoms with E-state index in [1.807, 2.05) is 55.4 Å². The molecular weight excluding hydrogens is 1750 g/mol. The van der Waals surface area contributed by atoms with Crippen molar-refractivity contribution in [1.29, 1.82) is 21.0 Å². The van der Waals surface area contributed by atoms with Crippen LogP contribution in [0, 0.1) is 45.3 Å². The largest absolute Gasteiger partial charge is 0.483 e. The first-order valence-corrected chi connectivity index (χ1v) is 50.5. The maximum absolute atomic E-state index is 13.8. The molecule has 4 amide bonds. The molecular formula is C120H160N8O12. The molecule has 0 radical (unpaired) electrons. The van der Waals surface area contributed by atoms with Crippen LogP contribution in [0.5, 0.6) is 46.0 Å². The summed E-state index contributed by atoms with van der Waals surface area (Å²) in [5.41, 5.74) is 20.5. The molecule has 2 aliphatic rings. The number of carbonyl (C=O) groups excluding carboxylic acids is 4. The van der Waals surface area contributed by atoms with E-state index < -0.39 is 0 Å². The van der Waals surface area contributed by atoms with E-state index in [9.17, 15) is 40.2 Å². The van der Waals surface area contributed by atoms with E-state index in [2.05, 4.69) is 288 Å². The number of hydrogen-bond donors (Lipinski definition) is 0. The quantitative estimate of drug-likeness (QED) is 0.0442. The number of hydrogen-bond acceptors (Lipinski definition) is 16. The summed E-state index contributed by atoms with van der Waals surface area (Å²) >= 11 is 0. The lowest BCUT2D eigenvalue weighted by Crippen LogP contribution is -2.34. The van der Waals surface area contributed by atoms with Gasteiger partial charge in [-0.3, -0.25) is 19.2 Å². The molecule has 140 heavy (non-hydrogen) atoms. The van der Waals surface area contributed by atoms with E-state index in [0.717, 1.165) is 134 Å². The predicted octanol–water partition coefficient (Wildman–Crippen LogP) is 23.7. The lowest BCUT2D eigenvalue weighted by molar-refractivity contribution is -0.133. The zero-order valence-corrected chi connectivity index (χ0v) is 90.7. The molecule has 20 nitrogen and oxygen atoms in total. The molecule has 0 saturated heterocycles. The van der Waals surface area contributed by atoms with Gasteiger partial charge in [0.2, 0.25) is 0 Å². The van der Waals surface area contributed by atoms with E-state index in [-0.39, 0.29) is 120 Å². The van der Waals surface area contributed by atoms with Gasteiger partial charge in [0, 0.05) is 104 Å². The molecule has 0 spiro atoms. The van der Waals surface area contributed by atoms with Crippen LogP contribution in [0.2, 0.25) is 0 Å². The van der Waals surface area contributed by atoms with E-state index in [1.165, 1.54) is 0 Å². The molecule has 2 aliphatic carbocycles. The average molecular weight is 1910 g/mol. The normalized spacial score (nSPS) is 12.9. The second kappa shape index (κ2) is 46.6. The Morgan fingerprint density at radius 3 is 0.393 bits per heavy atom. The van der Waals surface area contributed by atoms with Crippen LogP contribution in [-0.4, -0.2) is 148 Å². The van der Waals surface area contributed by atoms with Crippen molar-refractivity contribution in [3.05, 3.63) is 231 Å². The van der Waals surface area contributed by atoms with Gasteiger partial charge in [-0.2, -0.15) is 21.0 Å². The molecule has 752 valence electrons. The van der Waals surface area contributed by atoms with E-state index in [0.29, 0.717) is 150 Å². The number of nitriles is 4. The third kappa shape index (κ3) is 28.2. The number of rotatable bonds is 28. The fourth-order valence-electron chi connectivity index (χ4n) is 18.3. The monoisotopic (exact) mass is 1910 g/mol. The predicted molar refractivity (Wildman–Crippen MR) is 562 cm³/mol. The van der Waals surface area contributed by atoms with Gasteiger partial charge in [0.05, 0.1) is 0 Å². The number of nitrogens with zero attached hydrogens (tertiary/aromatic N) is 8.